The van der Waals surface area contributed by atoms with Gasteiger partial charge in [-0.1, -0.05) is 49.1 Å². The lowest BCUT2D eigenvalue weighted by Gasteiger charge is -2.22. The Balaban J connectivity index is 0.000000173. The second kappa shape index (κ2) is 11.8. The van der Waals surface area contributed by atoms with E-state index in [2.05, 4.69) is 94.2 Å². The second-order valence-corrected chi connectivity index (χ2v) is 19.2. The number of aryl methyl sites for hydroxylation is 4. The summed E-state index contributed by atoms with van der Waals surface area (Å²) in [5.41, 5.74) is 11.5. The third kappa shape index (κ3) is 5.93. The third-order valence-corrected chi connectivity index (χ3v) is 11.4. The number of carbonyl (C=O) groups excluding carboxylic acids is 2. The molecule has 43 heavy (non-hydrogen) atoms. The van der Waals surface area contributed by atoms with Gasteiger partial charge in [-0.3, -0.25) is 9.59 Å². The highest BCUT2D eigenvalue weighted by Gasteiger charge is 2.29. The van der Waals surface area contributed by atoms with Gasteiger partial charge in [0, 0.05) is 16.4 Å². The van der Waals surface area contributed by atoms with Crippen LogP contribution in [0.4, 0.5) is 8.78 Å². The molecule has 0 spiro atoms. The van der Waals surface area contributed by atoms with E-state index in [1.165, 1.54) is 43.1 Å². The number of Topliss-reactive ketones (excluding diaryl/α,β-unsaturated/α-hetero) is 2. The van der Waals surface area contributed by atoms with Crippen LogP contribution in [-0.4, -0.2) is 19.6 Å². The summed E-state index contributed by atoms with van der Waals surface area (Å²) >= 11 is 2.30. The van der Waals surface area contributed by atoms with E-state index in [-0.39, 0.29) is 23.2 Å². The van der Waals surface area contributed by atoms with Gasteiger partial charge in [-0.25, -0.2) is 8.78 Å². The lowest BCUT2D eigenvalue weighted by Crippen LogP contribution is -2.38. The van der Waals surface area contributed by atoms with Gasteiger partial charge >= 0.3 is 0 Å². The van der Waals surface area contributed by atoms with Gasteiger partial charge in [-0.15, -0.1) is 0 Å². The van der Waals surface area contributed by atoms with Crippen molar-refractivity contribution in [1.29, 1.82) is 0 Å². The summed E-state index contributed by atoms with van der Waals surface area (Å²) in [6.07, 6.45) is 2.14. The average Bonchev–Trinajstić information content (AvgIpc) is 3.49. The number of benzene rings is 4. The summed E-state index contributed by atoms with van der Waals surface area (Å²) in [7, 11) is -1.37. The van der Waals surface area contributed by atoms with Crippen molar-refractivity contribution in [3.63, 3.8) is 0 Å². The summed E-state index contributed by atoms with van der Waals surface area (Å²) in [4.78, 5) is 23.8. The minimum absolute atomic E-state index is 0.0617. The zero-order valence-electron chi connectivity index (χ0n) is 25.9. The lowest BCUT2D eigenvalue weighted by molar-refractivity contribution is 0.0983. The molecule has 2 aliphatic rings. The Bertz CT molecular complexity index is 1770. The van der Waals surface area contributed by atoms with E-state index in [0.717, 1.165) is 33.4 Å². The first-order chi connectivity index (χ1) is 20.2. The van der Waals surface area contributed by atoms with Gasteiger partial charge in [-0.2, -0.15) is 0 Å². The molecule has 6 heteroatoms. The van der Waals surface area contributed by atoms with Gasteiger partial charge in [-0.05, 0) is 143 Å². The molecule has 0 radical (unpaired) electrons. The molecule has 6 rings (SSSR count). The van der Waals surface area contributed by atoms with E-state index < -0.39 is 8.07 Å². The number of rotatable bonds is 3. The molecule has 0 bridgehead atoms. The molecule has 0 amide bonds. The Morgan fingerprint density at radius 2 is 0.953 bits per heavy atom. The molecule has 0 saturated heterocycles. The molecule has 0 atom stereocenters. The standard InChI is InChI=1S/C20H23FOSi.C17H14FIO/c1-12-10-14(23(3,4)5)11-13(2)19(12)15-6-8-17(21)20-16(15)7-9-18(20)22;1-9-7-11(19)8-10(2)16(9)12-3-5-14(18)17-13(12)4-6-15(17)20/h6,8,10-11H,7,9H2,1-5H3;3,5,7-8H,4,6H2,1-2H3. The number of fused-ring (bicyclic) bond motifs is 2. The number of hydrogen-bond donors (Lipinski definition) is 0. The van der Waals surface area contributed by atoms with Crippen molar-refractivity contribution in [3.05, 3.63) is 108 Å². The van der Waals surface area contributed by atoms with Gasteiger partial charge in [0.2, 0.25) is 0 Å². The molecule has 2 nitrogen and oxygen atoms in total. The molecule has 0 aliphatic heterocycles. The highest BCUT2D eigenvalue weighted by Crippen LogP contribution is 2.39. The van der Waals surface area contributed by atoms with Crippen LogP contribution in [0.5, 0.6) is 0 Å². The molecule has 0 heterocycles. The number of halogens is 3. The zero-order chi connectivity index (χ0) is 31.4. The van der Waals surface area contributed by atoms with Gasteiger partial charge < -0.3 is 0 Å². The predicted octanol–water partition coefficient (Wildman–Crippen LogP) is 9.63. The van der Waals surface area contributed by atoms with E-state index in [4.69, 9.17) is 0 Å². The first-order valence-electron chi connectivity index (χ1n) is 14.8. The molecular formula is C37H37F2IO2Si. The van der Waals surface area contributed by atoms with Crippen molar-refractivity contribution >= 4 is 47.4 Å². The minimum atomic E-state index is -1.37. The maximum Gasteiger partial charge on any atom is 0.166 e. The Morgan fingerprint density at radius 3 is 1.33 bits per heavy atom. The van der Waals surface area contributed by atoms with Crippen molar-refractivity contribution in [3.8, 4) is 22.3 Å². The smallest absolute Gasteiger partial charge is 0.166 e. The minimum Gasteiger partial charge on any atom is -0.294 e. The average molecular weight is 707 g/mol. The van der Waals surface area contributed by atoms with E-state index >= 15 is 0 Å². The van der Waals surface area contributed by atoms with Gasteiger partial charge in [0.1, 0.15) is 11.6 Å². The Hall–Kier alpha value is -2.97. The van der Waals surface area contributed by atoms with Crippen LogP contribution in [0.3, 0.4) is 0 Å². The maximum atomic E-state index is 14.0. The quantitative estimate of drug-likeness (QED) is 0.157. The molecule has 0 aromatic heterocycles. The fourth-order valence-electron chi connectivity index (χ4n) is 6.71. The van der Waals surface area contributed by atoms with Crippen LogP contribution in [0.25, 0.3) is 22.3 Å². The first-order valence-corrected chi connectivity index (χ1v) is 19.3. The van der Waals surface area contributed by atoms with Crippen LogP contribution >= 0.6 is 22.6 Å². The highest BCUT2D eigenvalue weighted by atomic mass is 127. The van der Waals surface area contributed by atoms with E-state index in [1.807, 2.05) is 12.1 Å². The summed E-state index contributed by atoms with van der Waals surface area (Å²) in [5.74, 6) is -0.888. The third-order valence-electron chi connectivity index (χ3n) is 8.72. The normalized spacial score (nSPS) is 14.0. The lowest BCUT2D eigenvalue weighted by atomic mass is 9.90. The van der Waals surface area contributed by atoms with Crippen LogP contribution < -0.4 is 5.19 Å². The molecular weight excluding hydrogens is 669 g/mol. The molecule has 0 N–H and O–H groups in total. The number of carbonyl (C=O) groups is 2. The van der Waals surface area contributed by atoms with Crippen molar-refractivity contribution < 1.29 is 18.4 Å². The summed E-state index contributed by atoms with van der Waals surface area (Å²) in [6.45, 7) is 15.4. The van der Waals surface area contributed by atoms with Crippen LogP contribution in [0.2, 0.25) is 19.6 Å². The van der Waals surface area contributed by atoms with E-state index in [9.17, 15) is 18.4 Å². The Labute approximate surface area is 268 Å². The molecule has 0 saturated carbocycles. The Morgan fingerprint density at radius 1 is 0.581 bits per heavy atom. The predicted molar refractivity (Wildman–Crippen MR) is 184 cm³/mol. The van der Waals surface area contributed by atoms with Gasteiger partial charge in [0.25, 0.3) is 0 Å². The monoisotopic (exact) mass is 706 g/mol. The van der Waals surface area contributed by atoms with Crippen molar-refractivity contribution in [2.45, 2.75) is 73.0 Å². The van der Waals surface area contributed by atoms with E-state index in [0.29, 0.717) is 36.8 Å². The van der Waals surface area contributed by atoms with Gasteiger partial charge in [0.15, 0.2) is 11.6 Å². The van der Waals surface area contributed by atoms with Crippen LogP contribution in [0.15, 0.2) is 48.5 Å². The Kier molecular flexibility index (Phi) is 8.66. The fourth-order valence-corrected chi connectivity index (χ4v) is 8.95. The molecule has 222 valence electrons. The molecule has 0 unspecified atom stereocenters. The molecule has 2 aliphatic carbocycles. The summed E-state index contributed by atoms with van der Waals surface area (Å²) in [5, 5.41) is 1.44. The highest BCUT2D eigenvalue weighted by molar-refractivity contribution is 14.1. The number of ketones is 2. The van der Waals surface area contributed by atoms with Crippen LogP contribution in [-0.2, 0) is 12.8 Å². The van der Waals surface area contributed by atoms with Crippen molar-refractivity contribution in [1.82, 2.24) is 0 Å². The summed E-state index contributed by atoms with van der Waals surface area (Å²) in [6, 6.07) is 15.3. The van der Waals surface area contributed by atoms with Crippen LogP contribution in [0, 0.1) is 42.9 Å². The molecule has 4 aromatic carbocycles. The van der Waals surface area contributed by atoms with Crippen molar-refractivity contribution in [2.24, 2.45) is 0 Å². The SMILES string of the molecule is Cc1cc(I)cc(C)c1-c1ccc(F)c2c1CCC2=O.Cc1cc([Si](C)(C)C)cc(C)c1-c1ccc(F)c2c1CCC2=O. The maximum absolute atomic E-state index is 14.0. The van der Waals surface area contributed by atoms with E-state index in [1.54, 1.807) is 0 Å². The fraction of sp³-hybridized carbons (Fsp3) is 0.297. The summed E-state index contributed by atoms with van der Waals surface area (Å²) < 4.78 is 29.1. The first kappa shape index (κ1) is 31.5. The second-order valence-electron chi connectivity index (χ2n) is 12.9. The van der Waals surface area contributed by atoms with Crippen LogP contribution in [0.1, 0.15) is 66.9 Å². The van der Waals surface area contributed by atoms with Gasteiger partial charge in [0.05, 0.1) is 19.2 Å². The van der Waals surface area contributed by atoms with Crippen molar-refractivity contribution in [2.75, 3.05) is 0 Å². The zero-order valence-corrected chi connectivity index (χ0v) is 29.1. The molecule has 0 fully saturated rings. The largest absolute Gasteiger partial charge is 0.294 e. The topological polar surface area (TPSA) is 34.1 Å². The molecule has 4 aromatic rings. The number of hydrogen-bond acceptors (Lipinski definition) is 2.